The number of aromatic nitrogens is 1. The number of benzene rings is 2. The van der Waals surface area contributed by atoms with E-state index in [0.717, 1.165) is 16.5 Å². The number of hydrogen-bond acceptors (Lipinski definition) is 4. The van der Waals surface area contributed by atoms with Gasteiger partial charge in [-0.1, -0.05) is 23.7 Å². The summed E-state index contributed by atoms with van der Waals surface area (Å²) in [4.78, 5) is 17.2. The molecule has 7 heteroatoms. The maximum Gasteiger partial charge on any atom is 0.260 e. The second-order valence-corrected chi connectivity index (χ2v) is 6.75. The van der Waals surface area contributed by atoms with Crippen LogP contribution in [0.1, 0.15) is 26.4 Å². The van der Waals surface area contributed by atoms with Crippen molar-refractivity contribution in [3.63, 3.8) is 0 Å². The third kappa shape index (κ3) is 4.21. The molecule has 0 aliphatic carbocycles. The number of thiazole rings is 1. The molecular weight excluding hydrogens is 361 g/mol. The van der Waals surface area contributed by atoms with Gasteiger partial charge in [0.05, 0.1) is 17.2 Å². The van der Waals surface area contributed by atoms with Gasteiger partial charge in [0.25, 0.3) is 5.91 Å². The molecule has 124 valence electrons. The highest BCUT2D eigenvalue weighted by Gasteiger charge is 2.14. The van der Waals surface area contributed by atoms with Gasteiger partial charge in [-0.3, -0.25) is 10.1 Å². The maximum atomic E-state index is 13.8. The van der Waals surface area contributed by atoms with E-state index in [4.69, 9.17) is 16.9 Å². The van der Waals surface area contributed by atoms with Gasteiger partial charge in [0.15, 0.2) is 5.13 Å². The fourth-order valence-electron chi connectivity index (χ4n) is 2.18. The molecule has 0 aliphatic rings. The number of rotatable bonds is 4. The number of carbonyl (C=O) groups excluding carboxylic acids is 1. The van der Waals surface area contributed by atoms with E-state index >= 15 is 0 Å². The molecule has 0 fully saturated rings. The van der Waals surface area contributed by atoms with Crippen molar-refractivity contribution in [2.75, 3.05) is 5.32 Å². The molecule has 4 nitrogen and oxygen atoms in total. The Labute approximate surface area is 152 Å². The zero-order valence-corrected chi connectivity index (χ0v) is 14.4. The largest absolute Gasteiger partial charge is 0.298 e. The molecule has 0 radical (unpaired) electrons. The van der Waals surface area contributed by atoms with E-state index in [1.807, 2.05) is 12.1 Å². The highest BCUT2D eigenvalue weighted by Crippen LogP contribution is 2.23. The Morgan fingerprint density at radius 1 is 1.28 bits per heavy atom. The van der Waals surface area contributed by atoms with Crippen LogP contribution >= 0.6 is 22.9 Å². The Balaban J connectivity index is 1.68. The standard InChI is InChI=1S/C18H11ClFN3OS/c19-13-5-6-15(16(20)8-13)17(24)23-18-22-10-14(25-18)7-11-1-3-12(9-21)4-2-11/h1-6,8,10H,7H2,(H,22,23,24). The lowest BCUT2D eigenvalue weighted by atomic mass is 10.1. The van der Waals surface area contributed by atoms with Crippen molar-refractivity contribution < 1.29 is 9.18 Å². The molecule has 3 rings (SSSR count). The number of anilines is 1. The zero-order chi connectivity index (χ0) is 17.8. The minimum absolute atomic E-state index is 0.0896. The molecule has 3 aromatic rings. The molecule has 1 N–H and O–H groups in total. The molecule has 25 heavy (non-hydrogen) atoms. The van der Waals surface area contributed by atoms with E-state index in [1.165, 1.54) is 23.5 Å². The molecule has 0 aliphatic heterocycles. The summed E-state index contributed by atoms with van der Waals surface area (Å²) < 4.78 is 13.8. The first-order valence-corrected chi connectivity index (χ1v) is 8.45. The first kappa shape index (κ1) is 17.1. The molecule has 0 spiro atoms. The molecule has 0 unspecified atom stereocenters. The van der Waals surface area contributed by atoms with Crippen LogP contribution in [-0.4, -0.2) is 10.9 Å². The highest BCUT2D eigenvalue weighted by molar-refractivity contribution is 7.15. The van der Waals surface area contributed by atoms with Gasteiger partial charge in [-0.05, 0) is 35.9 Å². The van der Waals surface area contributed by atoms with Crippen molar-refractivity contribution in [3.05, 3.63) is 81.1 Å². The van der Waals surface area contributed by atoms with Crippen LogP contribution in [-0.2, 0) is 6.42 Å². The van der Waals surface area contributed by atoms with E-state index in [9.17, 15) is 9.18 Å². The molecular formula is C18H11ClFN3OS. The van der Waals surface area contributed by atoms with Crippen molar-refractivity contribution >= 4 is 34.0 Å². The smallest absolute Gasteiger partial charge is 0.260 e. The van der Waals surface area contributed by atoms with Crippen LogP contribution in [0.3, 0.4) is 0 Å². The summed E-state index contributed by atoms with van der Waals surface area (Å²) in [5.41, 5.74) is 1.54. The SMILES string of the molecule is N#Cc1ccc(Cc2cnc(NC(=O)c3ccc(Cl)cc3F)s2)cc1. The van der Waals surface area contributed by atoms with Gasteiger partial charge in [0.2, 0.25) is 0 Å². The summed E-state index contributed by atoms with van der Waals surface area (Å²) in [6, 6.07) is 13.2. The van der Waals surface area contributed by atoms with E-state index in [2.05, 4.69) is 16.4 Å². The Morgan fingerprint density at radius 3 is 2.72 bits per heavy atom. The van der Waals surface area contributed by atoms with Crippen LogP contribution in [0.4, 0.5) is 9.52 Å². The Bertz CT molecular complexity index is 963. The Kier molecular flexibility index (Phi) is 5.08. The number of halogens is 2. The number of hydrogen-bond donors (Lipinski definition) is 1. The lowest BCUT2D eigenvalue weighted by Crippen LogP contribution is -2.13. The normalized spacial score (nSPS) is 10.3. The minimum atomic E-state index is -0.681. The number of amides is 1. The Hall–Kier alpha value is -2.75. The molecule has 1 amide bonds. The highest BCUT2D eigenvalue weighted by atomic mass is 35.5. The molecule has 0 saturated heterocycles. The second kappa shape index (κ2) is 7.43. The maximum absolute atomic E-state index is 13.8. The molecule has 2 aromatic carbocycles. The number of carbonyl (C=O) groups is 1. The molecule has 0 atom stereocenters. The summed E-state index contributed by atoms with van der Waals surface area (Å²) in [6.45, 7) is 0. The molecule has 0 bridgehead atoms. The minimum Gasteiger partial charge on any atom is -0.298 e. The fraction of sp³-hybridized carbons (Fsp3) is 0.0556. The van der Waals surface area contributed by atoms with Crippen molar-refractivity contribution in [1.82, 2.24) is 4.98 Å². The molecule has 0 saturated carbocycles. The first-order valence-electron chi connectivity index (χ1n) is 7.25. The van der Waals surface area contributed by atoms with Crippen molar-refractivity contribution in [2.24, 2.45) is 0 Å². The number of nitrogens with one attached hydrogen (secondary N) is 1. The third-order valence-electron chi connectivity index (χ3n) is 3.41. The molecule has 1 heterocycles. The van der Waals surface area contributed by atoms with Crippen LogP contribution < -0.4 is 5.32 Å². The third-order valence-corrected chi connectivity index (χ3v) is 4.56. The predicted octanol–water partition coefficient (Wildman–Crippen LogP) is 4.65. The lowest BCUT2D eigenvalue weighted by molar-refractivity contribution is 0.102. The van der Waals surface area contributed by atoms with Gasteiger partial charge in [0, 0.05) is 22.5 Å². The van der Waals surface area contributed by atoms with Crippen molar-refractivity contribution in [2.45, 2.75) is 6.42 Å². The average molecular weight is 372 g/mol. The second-order valence-electron chi connectivity index (χ2n) is 5.20. The number of nitrogens with zero attached hydrogens (tertiary/aromatic N) is 2. The Morgan fingerprint density at radius 2 is 2.04 bits per heavy atom. The lowest BCUT2D eigenvalue weighted by Gasteiger charge is -2.03. The topological polar surface area (TPSA) is 65.8 Å². The van der Waals surface area contributed by atoms with Gasteiger partial charge < -0.3 is 0 Å². The van der Waals surface area contributed by atoms with E-state index in [1.54, 1.807) is 18.3 Å². The quantitative estimate of drug-likeness (QED) is 0.725. The van der Waals surface area contributed by atoms with Gasteiger partial charge in [-0.25, -0.2) is 9.37 Å². The summed E-state index contributed by atoms with van der Waals surface area (Å²) >= 11 is 6.99. The zero-order valence-electron chi connectivity index (χ0n) is 12.8. The van der Waals surface area contributed by atoms with Crippen LogP contribution in [0.25, 0.3) is 0 Å². The van der Waals surface area contributed by atoms with E-state index in [-0.39, 0.29) is 10.6 Å². The first-order chi connectivity index (χ1) is 12.0. The molecule has 1 aromatic heterocycles. The van der Waals surface area contributed by atoms with Crippen LogP contribution in [0, 0.1) is 17.1 Å². The number of nitriles is 1. The van der Waals surface area contributed by atoms with Crippen molar-refractivity contribution in [1.29, 1.82) is 5.26 Å². The van der Waals surface area contributed by atoms with Gasteiger partial charge >= 0.3 is 0 Å². The summed E-state index contributed by atoms with van der Waals surface area (Å²) in [7, 11) is 0. The van der Waals surface area contributed by atoms with Crippen molar-refractivity contribution in [3.8, 4) is 6.07 Å². The average Bonchev–Trinajstić information content (AvgIpc) is 3.02. The fourth-order valence-corrected chi connectivity index (χ4v) is 3.18. The van der Waals surface area contributed by atoms with Gasteiger partial charge in [-0.15, -0.1) is 11.3 Å². The van der Waals surface area contributed by atoms with Gasteiger partial charge in [-0.2, -0.15) is 5.26 Å². The van der Waals surface area contributed by atoms with Crippen LogP contribution in [0.2, 0.25) is 5.02 Å². The summed E-state index contributed by atoms with van der Waals surface area (Å²) in [6.07, 6.45) is 2.30. The van der Waals surface area contributed by atoms with Gasteiger partial charge in [0.1, 0.15) is 5.82 Å². The van der Waals surface area contributed by atoms with E-state index < -0.39 is 11.7 Å². The summed E-state index contributed by atoms with van der Waals surface area (Å²) in [5.74, 6) is -1.26. The van der Waals surface area contributed by atoms with Crippen LogP contribution in [0.15, 0.2) is 48.7 Å². The monoisotopic (exact) mass is 371 g/mol. The summed E-state index contributed by atoms with van der Waals surface area (Å²) in [5, 5.41) is 12.0. The van der Waals surface area contributed by atoms with Crippen LogP contribution in [0.5, 0.6) is 0 Å². The predicted molar refractivity (Wildman–Crippen MR) is 95.4 cm³/mol. The van der Waals surface area contributed by atoms with E-state index in [0.29, 0.717) is 17.1 Å².